The number of ether oxygens (including phenoxy) is 3. The molecule has 1 aliphatic carbocycles. The minimum absolute atomic E-state index is 0.0171. The average molecular weight is 440 g/mol. The molecule has 2 heterocycles. The van der Waals surface area contributed by atoms with Gasteiger partial charge in [0.05, 0.1) is 18.8 Å². The average Bonchev–Trinajstić information content (AvgIpc) is 3.33. The molecule has 5 heteroatoms. The first-order valence-electron chi connectivity index (χ1n) is 11.4. The predicted octanol–water partition coefficient (Wildman–Crippen LogP) is 5.07. The second-order valence-electron chi connectivity index (χ2n) is 8.76. The van der Waals surface area contributed by atoms with Crippen molar-refractivity contribution < 1.29 is 19.0 Å². The number of benzene rings is 3. The molecule has 0 saturated heterocycles. The van der Waals surface area contributed by atoms with Crippen molar-refractivity contribution in [2.45, 2.75) is 37.6 Å². The van der Waals surface area contributed by atoms with E-state index in [9.17, 15) is 4.79 Å². The minimum Gasteiger partial charge on any atom is -0.454 e. The maximum atomic E-state index is 13.6. The van der Waals surface area contributed by atoms with Gasteiger partial charge in [-0.1, -0.05) is 72.8 Å². The lowest BCUT2D eigenvalue weighted by atomic mass is 9.76. The second-order valence-corrected chi connectivity index (χ2v) is 8.76. The highest BCUT2D eigenvalue weighted by Crippen LogP contribution is 2.45. The van der Waals surface area contributed by atoms with Crippen LogP contribution in [-0.4, -0.2) is 29.7 Å². The highest BCUT2D eigenvalue weighted by Gasteiger charge is 2.42. The summed E-state index contributed by atoms with van der Waals surface area (Å²) in [6, 6.07) is 24.2. The number of carbonyl (C=O) groups is 1. The Balaban J connectivity index is 1.33. The molecule has 0 saturated carbocycles. The molecule has 3 aromatic carbocycles. The smallest absolute Gasteiger partial charge is 0.255 e. The van der Waals surface area contributed by atoms with Gasteiger partial charge >= 0.3 is 0 Å². The van der Waals surface area contributed by atoms with E-state index < -0.39 is 0 Å². The van der Waals surface area contributed by atoms with Crippen molar-refractivity contribution in [3.63, 3.8) is 0 Å². The first-order valence-corrected chi connectivity index (χ1v) is 11.4. The molecule has 0 aromatic heterocycles. The molecule has 33 heavy (non-hydrogen) atoms. The van der Waals surface area contributed by atoms with Gasteiger partial charge in [0, 0.05) is 18.0 Å². The van der Waals surface area contributed by atoms with E-state index >= 15 is 0 Å². The fourth-order valence-electron chi connectivity index (χ4n) is 5.07. The Kier molecular flexibility index (Phi) is 5.11. The summed E-state index contributed by atoms with van der Waals surface area (Å²) in [5.74, 6) is 1.51. The van der Waals surface area contributed by atoms with Crippen LogP contribution in [0.5, 0.6) is 11.5 Å². The van der Waals surface area contributed by atoms with Crippen LogP contribution in [-0.2, 0) is 17.9 Å². The molecule has 166 valence electrons. The Labute approximate surface area is 193 Å². The fraction of sp³-hybridized carbons (Fsp3) is 0.250. The van der Waals surface area contributed by atoms with Crippen LogP contribution in [0.4, 0.5) is 0 Å². The fourth-order valence-corrected chi connectivity index (χ4v) is 5.07. The first kappa shape index (κ1) is 20.1. The zero-order valence-electron chi connectivity index (χ0n) is 18.2. The number of nitrogens with zero attached hydrogens (tertiary/aromatic N) is 1. The number of fused-ring (bicyclic) bond motifs is 4. The van der Waals surface area contributed by atoms with E-state index in [2.05, 4.69) is 36.4 Å². The third-order valence-corrected chi connectivity index (χ3v) is 6.72. The van der Waals surface area contributed by atoms with Crippen molar-refractivity contribution in [2.75, 3.05) is 6.79 Å². The molecular weight excluding hydrogens is 414 g/mol. The highest BCUT2D eigenvalue weighted by atomic mass is 16.7. The summed E-state index contributed by atoms with van der Waals surface area (Å²) in [6.07, 6.45) is 5.06. The van der Waals surface area contributed by atoms with Gasteiger partial charge in [-0.15, -0.1) is 0 Å². The van der Waals surface area contributed by atoms with Gasteiger partial charge in [0.1, 0.15) is 0 Å². The van der Waals surface area contributed by atoms with Crippen molar-refractivity contribution in [2.24, 2.45) is 0 Å². The molecule has 0 fully saturated rings. The Hall–Kier alpha value is -3.57. The van der Waals surface area contributed by atoms with E-state index in [1.54, 1.807) is 0 Å². The van der Waals surface area contributed by atoms with Gasteiger partial charge in [-0.25, -0.2) is 0 Å². The van der Waals surface area contributed by atoms with Gasteiger partial charge < -0.3 is 19.1 Å². The van der Waals surface area contributed by atoms with Crippen molar-refractivity contribution in [1.29, 1.82) is 0 Å². The van der Waals surface area contributed by atoms with Gasteiger partial charge in [-0.3, -0.25) is 4.79 Å². The number of carbonyl (C=O) groups excluding carboxylic acids is 1. The van der Waals surface area contributed by atoms with Gasteiger partial charge in [0.2, 0.25) is 6.79 Å². The molecule has 3 atom stereocenters. The molecule has 0 unspecified atom stereocenters. The molecular formula is C28H25NO4. The number of rotatable bonds is 5. The lowest BCUT2D eigenvalue weighted by molar-refractivity contribution is 0.0379. The Bertz CT molecular complexity index is 1190. The van der Waals surface area contributed by atoms with Crippen LogP contribution in [0.25, 0.3) is 0 Å². The maximum absolute atomic E-state index is 13.6. The van der Waals surface area contributed by atoms with Crippen LogP contribution in [0.15, 0.2) is 84.9 Å². The molecule has 0 radical (unpaired) electrons. The third-order valence-electron chi connectivity index (χ3n) is 6.72. The quantitative estimate of drug-likeness (QED) is 0.521. The van der Waals surface area contributed by atoms with E-state index in [0.29, 0.717) is 30.2 Å². The standard InChI is InChI=1S/C28H25NO4/c30-28-24-15-27-26(32-18-33-27)14-22(24)23-13-21(31-17-20-9-5-2-6-10-20)11-12-25(23)29(28)16-19-7-3-1-4-8-19/h1-12,14-15,21,23,25H,13,16-18H2/t21-,23+,25+/m1/s1. The van der Waals surface area contributed by atoms with E-state index in [1.807, 2.05) is 53.4 Å². The van der Waals surface area contributed by atoms with Crippen LogP contribution in [0, 0.1) is 0 Å². The number of hydrogen-bond donors (Lipinski definition) is 0. The molecule has 0 spiro atoms. The van der Waals surface area contributed by atoms with Crippen LogP contribution < -0.4 is 9.47 Å². The molecule has 3 aliphatic rings. The largest absolute Gasteiger partial charge is 0.454 e. The summed E-state index contributed by atoms with van der Waals surface area (Å²) in [6.45, 7) is 1.32. The monoisotopic (exact) mass is 439 g/mol. The first-order chi connectivity index (χ1) is 16.3. The molecule has 2 aliphatic heterocycles. The van der Waals surface area contributed by atoms with Crippen LogP contribution in [0.2, 0.25) is 0 Å². The number of amides is 1. The van der Waals surface area contributed by atoms with Crippen molar-refractivity contribution in [1.82, 2.24) is 4.90 Å². The minimum atomic E-state index is -0.0258. The third kappa shape index (κ3) is 3.79. The van der Waals surface area contributed by atoms with Gasteiger partial charge in [0.15, 0.2) is 11.5 Å². The zero-order chi connectivity index (χ0) is 22.2. The Morgan fingerprint density at radius 3 is 2.33 bits per heavy atom. The summed E-state index contributed by atoms with van der Waals surface area (Å²) in [4.78, 5) is 15.6. The lowest BCUT2D eigenvalue weighted by Gasteiger charge is -2.44. The molecule has 6 rings (SSSR count). The van der Waals surface area contributed by atoms with Gasteiger partial charge in [-0.05, 0) is 35.2 Å². The summed E-state index contributed by atoms with van der Waals surface area (Å²) < 4.78 is 17.5. The van der Waals surface area contributed by atoms with Gasteiger partial charge in [0.25, 0.3) is 5.91 Å². The number of hydrogen-bond acceptors (Lipinski definition) is 4. The molecule has 3 aromatic rings. The summed E-state index contributed by atoms with van der Waals surface area (Å²) in [7, 11) is 0. The van der Waals surface area contributed by atoms with Crippen LogP contribution >= 0.6 is 0 Å². The summed E-state index contributed by atoms with van der Waals surface area (Å²) in [5.41, 5.74) is 4.00. The molecule has 0 bridgehead atoms. The summed E-state index contributed by atoms with van der Waals surface area (Å²) in [5, 5.41) is 0. The Morgan fingerprint density at radius 1 is 0.879 bits per heavy atom. The lowest BCUT2D eigenvalue weighted by Crippen LogP contribution is -2.48. The Morgan fingerprint density at radius 2 is 1.58 bits per heavy atom. The normalized spacial score (nSPS) is 22.7. The van der Waals surface area contributed by atoms with Crippen molar-refractivity contribution >= 4 is 5.91 Å². The topological polar surface area (TPSA) is 48.0 Å². The second kappa shape index (κ2) is 8.41. The van der Waals surface area contributed by atoms with E-state index in [-0.39, 0.29) is 30.8 Å². The van der Waals surface area contributed by atoms with E-state index in [0.717, 1.165) is 23.1 Å². The van der Waals surface area contributed by atoms with Crippen LogP contribution in [0.1, 0.15) is 39.4 Å². The SMILES string of the molecule is O=C1c2cc3c(cc2[C@@H]2C[C@H](OCc4ccccc4)C=C[C@@H]2N1Cc1ccccc1)OCO3. The van der Waals surface area contributed by atoms with Crippen LogP contribution in [0.3, 0.4) is 0 Å². The van der Waals surface area contributed by atoms with E-state index in [4.69, 9.17) is 14.2 Å². The zero-order valence-corrected chi connectivity index (χ0v) is 18.2. The molecule has 5 nitrogen and oxygen atoms in total. The van der Waals surface area contributed by atoms with Crippen molar-refractivity contribution in [3.8, 4) is 11.5 Å². The van der Waals surface area contributed by atoms with Gasteiger partial charge in [-0.2, -0.15) is 0 Å². The predicted molar refractivity (Wildman–Crippen MR) is 124 cm³/mol. The maximum Gasteiger partial charge on any atom is 0.255 e. The van der Waals surface area contributed by atoms with E-state index in [1.165, 1.54) is 0 Å². The highest BCUT2D eigenvalue weighted by molar-refractivity contribution is 5.98. The molecule has 1 amide bonds. The molecule has 0 N–H and O–H groups in total. The van der Waals surface area contributed by atoms with Crippen molar-refractivity contribution in [3.05, 3.63) is 107 Å². The summed E-state index contributed by atoms with van der Waals surface area (Å²) >= 11 is 0.